The lowest BCUT2D eigenvalue weighted by molar-refractivity contribution is -0.155. The number of carbonyl (C=O) groups is 2. The number of nitrogens with one attached hydrogen (secondary N) is 1. The molecule has 0 aromatic heterocycles. The third-order valence-electron chi connectivity index (χ3n) is 4.08. The first kappa shape index (κ1) is 16.9. The molecule has 1 heterocycles. The molecule has 1 aliphatic heterocycles. The number of amides is 2. The van der Waals surface area contributed by atoms with Crippen LogP contribution in [0.1, 0.15) is 41.0 Å². The topological polar surface area (TPSA) is 83.6 Å². The van der Waals surface area contributed by atoms with Crippen LogP contribution in [0.25, 0.3) is 0 Å². The molecule has 7 heteroatoms. The Bertz CT molecular complexity index is 501. The van der Waals surface area contributed by atoms with Gasteiger partial charge >= 0.3 is 0 Å². The fourth-order valence-corrected chi connectivity index (χ4v) is 3.08. The van der Waals surface area contributed by atoms with Crippen molar-refractivity contribution in [2.75, 3.05) is 12.3 Å². The third kappa shape index (κ3) is 2.97. The second kappa shape index (κ2) is 5.71. The van der Waals surface area contributed by atoms with Gasteiger partial charge in [0.05, 0.1) is 11.0 Å². The molecule has 6 nitrogen and oxygen atoms in total. The Kier molecular flexibility index (Phi) is 4.84. The normalized spacial score (nSPS) is 27.9. The van der Waals surface area contributed by atoms with Crippen LogP contribution in [0.4, 0.5) is 0 Å². The molecule has 0 saturated carbocycles. The molecule has 0 spiro atoms. The van der Waals surface area contributed by atoms with Crippen molar-refractivity contribution in [3.05, 3.63) is 0 Å². The monoisotopic (exact) mass is 304 g/mol. The molecule has 20 heavy (non-hydrogen) atoms. The molecular weight excluding hydrogens is 280 g/mol. The Morgan fingerprint density at radius 3 is 2.35 bits per heavy atom. The summed E-state index contributed by atoms with van der Waals surface area (Å²) in [5, 5.41) is 2.16. The number of hydrogen-bond donors (Lipinski definition) is 1. The van der Waals surface area contributed by atoms with Crippen LogP contribution in [0.3, 0.4) is 0 Å². The lowest BCUT2D eigenvalue weighted by atomic mass is 9.91. The van der Waals surface area contributed by atoms with Crippen LogP contribution >= 0.6 is 0 Å². The second-order valence-corrected chi connectivity index (χ2v) is 8.40. The highest BCUT2D eigenvalue weighted by molar-refractivity contribution is 7.92. The van der Waals surface area contributed by atoms with Gasteiger partial charge in [0.25, 0.3) is 0 Å². The Balaban J connectivity index is 2.99. The average molecular weight is 304 g/mol. The minimum Gasteiger partial charge on any atom is -0.343 e. The van der Waals surface area contributed by atoms with E-state index in [1.165, 1.54) is 4.90 Å². The van der Waals surface area contributed by atoms with Gasteiger partial charge in [0.2, 0.25) is 11.8 Å². The Hall–Kier alpha value is -1.11. The van der Waals surface area contributed by atoms with Gasteiger partial charge in [-0.25, -0.2) is 8.42 Å². The van der Waals surface area contributed by atoms with Crippen molar-refractivity contribution in [2.45, 2.75) is 57.9 Å². The zero-order chi connectivity index (χ0) is 15.7. The van der Waals surface area contributed by atoms with Gasteiger partial charge in [-0.2, -0.15) is 0 Å². The molecular formula is C13H24N2O4S. The Labute approximate surface area is 120 Å². The molecule has 1 N–H and O–H groups in total. The van der Waals surface area contributed by atoms with Crippen LogP contribution < -0.4 is 5.32 Å². The van der Waals surface area contributed by atoms with Crippen molar-refractivity contribution in [3.63, 3.8) is 0 Å². The molecule has 0 aromatic rings. The molecule has 2 amide bonds. The number of piperazine rings is 1. The average Bonchev–Trinajstić information content (AvgIpc) is 2.36. The highest BCUT2D eigenvalue weighted by Gasteiger charge is 2.47. The third-order valence-corrected chi connectivity index (χ3v) is 6.26. The van der Waals surface area contributed by atoms with Gasteiger partial charge < -0.3 is 10.2 Å². The van der Waals surface area contributed by atoms with E-state index < -0.39 is 26.7 Å². The van der Waals surface area contributed by atoms with Gasteiger partial charge in [0, 0.05) is 6.54 Å². The molecule has 0 radical (unpaired) electrons. The molecule has 0 aliphatic carbocycles. The van der Waals surface area contributed by atoms with Gasteiger partial charge in [-0.05, 0) is 34.1 Å². The summed E-state index contributed by atoms with van der Waals surface area (Å²) < 4.78 is 23.8. The second-order valence-electron chi connectivity index (χ2n) is 5.73. The molecule has 1 fully saturated rings. The number of sulfone groups is 1. The highest BCUT2D eigenvalue weighted by Crippen LogP contribution is 2.25. The quantitative estimate of drug-likeness (QED) is 0.793. The van der Waals surface area contributed by atoms with E-state index in [1.54, 1.807) is 27.7 Å². The van der Waals surface area contributed by atoms with Crippen molar-refractivity contribution >= 4 is 21.7 Å². The maximum atomic E-state index is 12.2. The first-order valence-electron chi connectivity index (χ1n) is 6.90. The molecule has 0 bridgehead atoms. The number of carbonyl (C=O) groups excluding carboxylic acids is 2. The van der Waals surface area contributed by atoms with Crippen LogP contribution in [-0.2, 0) is 19.4 Å². The van der Waals surface area contributed by atoms with Crippen LogP contribution in [0.5, 0.6) is 0 Å². The van der Waals surface area contributed by atoms with Gasteiger partial charge in [-0.1, -0.05) is 6.92 Å². The van der Waals surface area contributed by atoms with Crippen molar-refractivity contribution in [2.24, 2.45) is 0 Å². The van der Waals surface area contributed by atoms with Gasteiger partial charge in [-0.3, -0.25) is 9.59 Å². The summed E-state index contributed by atoms with van der Waals surface area (Å²) in [6.45, 7) is 8.38. The van der Waals surface area contributed by atoms with Crippen molar-refractivity contribution in [1.82, 2.24) is 10.2 Å². The van der Waals surface area contributed by atoms with E-state index in [9.17, 15) is 18.0 Å². The summed E-state index contributed by atoms with van der Waals surface area (Å²) >= 11 is 0. The zero-order valence-corrected chi connectivity index (χ0v) is 13.6. The number of nitrogens with zero attached hydrogens (tertiary/aromatic N) is 1. The van der Waals surface area contributed by atoms with E-state index in [-0.39, 0.29) is 24.1 Å². The predicted molar refractivity (Wildman–Crippen MR) is 76.9 cm³/mol. The maximum Gasteiger partial charge on any atom is 0.246 e. The Morgan fingerprint density at radius 1 is 1.35 bits per heavy atom. The lowest BCUT2D eigenvalue weighted by Crippen LogP contribution is -2.69. The van der Waals surface area contributed by atoms with E-state index in [2.05, 4.69) is 5.32 Å². The predicted octanol–water partition coefficient (Wildman–Crippen LogP) is 0.325. The minimum atomic E-state index is -3.24. The molecule has 2 atom stereocenters. The van der Waals surface area contributed by atoms with Crippen LogP contribution in [0.15, 0.2) is 0 Å². The fourth-order valence-electron chi connectivity index (χ4n) is 2.18. The first-order valence-corrected chi connectivity index (χ1v) is 8.61. The number of rotatable bonds is 5. The largest absolute Gasteiger partial charge is 0.343 e. The van der Waals surface area contributed by atoms with Crippen LogP contribution in [0, 0.1) is 0 Å². The van der Waals surface area contributed by atoms with Gasteiger partial charge in [-0.15, -0.1) is 0 Å². The lowest BCUT2D eigenvalue weighted by Gasteiger charge is -2.45. The summed E-state index contributed by atoms with van der Waals surface area (Å²) in [4.78, 5) is 25.8. The van der Waals surface area contributed by atoms with Gasteiger partial charge in [0.1, 0.15) is 11.6 Å². The fraction of sp³-hybridized carbons (Fsp3) is 0.846. The molecule has 116 valence electrons. The van der Waals surface area contributed by atoms with Crippen molar-refractivity contribution in [3.8, 4) is 0 Å². The van der Waals surface area contributed by atoms with Crippen LogP contribution in [-0.4, -0.2) is 54.3 Å². The molecule has 1 aliphatic rings. The molecule has 1 saturated heterocycles. The van der Waals surface area contributed by atoms with E-state index in [0.29, 0.717) is 6.42 Å². The summed E-state index contributed by atoms with van der Waals surface area (Å²) in [5.74, 6) is -0.576. The minimum absolute atomic E-state index is 0.0570. The summed E-state index contributed by atoms with van der Waals surface area (Å²) in [7, 11) is -3.24. The summed E-state index contributed by atoms with van der Waals surface area (Å²) in [6, 6.07) is -0.608. The molecule has 0 aromatic carbocycles. The smallest absolute Gasteiger partial charge is 0.246 e. The first-order chi connectivity index (χ1) is 9.06. The number of hydrogen-bond acceptors (Lipinski definition) is 4. The SMILES string of the molecule is CCC1(C)C(=O)NC(C)C(=O)N1CCS(=O)(=O)C(C)C. The highest BCUT2D eigenvalue weighted by atomic mass is 32.2. The summed E-state index contributed by atoms with van der Waals surface area (Å²) in [6.07, 6.45) is 0.443. The van der Waals surface area contributed by atoms with E-state index in [4.69, 9.17) is 0 Å². The maximum absolute atomic E-state index is 12.2. The van der Waals surface area contributed by atoms with E-state index in [0.717, 1.165) is 0 Å². The molecule has 1 rings (SSSR count). The van der Waals surface area contributed by atoms with Crippen LogP contribution in [0.2, 0.25) is 0 Å². The zero-order valence-electron chi connectivity index (χ0n) is 12.8. The van der Waals surface area contributed by atoms with E-state index >= 15 is 0 Å². The standard InChI is InChI=1S/C13H24N2O4S/c1-6-13(5)12(17)14-10(4)11(16)15(13)7-8-20(18,19)9(2)3/h9-10H,6-8H2,1-5H3,(H,14,17). The Morgan fingerprint density at radius 2 is 1.90 bits per heavy atom. The van der Waals surface area contributed by atoms with Gasteiger partial charge in [0.15, 0.2) is 9.84 Å². The summed E-state index contributed by atoms with van der Waals surface area (Å²) in [5.41, 5.74) is -0.976. The van der Waals surface area contributed by atoms with Crippen molar-refractivity contribution in [1.29, 1.82) is 0 Å². The van der Waals surface area contributed by atoms with E-state index in [1.807, 2.05) is 6.92 Å². The van der Waals surface area contributed by atoms with Crippen molar-refractivity contribution < 1.29 is 18.0 Å². The molecule has 2 unspecified atom stereocenters.